The first kappa shape index (κ1) is 35.0. The third kappa shape index (κ3) is 5.89. The van der Waals surface area contributed by atoms with Crippen molar-refractivity contribution in [3.8, 4) is 22.3 Å². The molecule has 2 heterocycles. The molecule has 0 amide bonds. The molecule has 12 rings (SSSR count). The highest BCUT2D eigenvalue weighted by molar-refractivity contribution is 6.26. The molecule has 1 N–H and O–H groups in total. The minimum Gasteiger partial charge on any atom is -0.387 e. The summed E-state index contributed by atoms with van der Waals surface area (Å²) in [6.07, 6.45) is 30.3. The van der Waals surface area contributed by atoms with Crippen molar-refractivity contribution < 1.29 is 0 Å². The average molecular weight is 769 g/mol. The number of hydrogen-bond acceptors (Lipinski definition) is 2. The monoisotopic (exact) mass is 768 g/mol. The zero-order chi connectivity index (χ0) is 39.6. The number of aliphatic imine (C=N–C) groups is 1. The summed E-state index contributed by atoms with van der Waals surface area (Å²) in [6, 6.07) is 48.5. The Labute approximate surface area is 351 Å². The first-order chi connectivity index (χ1) is 29.7. The summed E-state index contributed by atoms with van der Waals surface area (Å²) in [5.41, 5.74) is 14.3. The molecule has 0 radical (unpaired) electrons. The quantitative estimate of drug-likeness (QED) is 0.173. The van der Waals surface area contributed by atoms with E-state index in [1.54, 1.807) is 0 Å². The SMILES string of the molecule is C1=CC2c3ccc(-c4ccc(C5C=C(c6cccc(-c7ccc8c9cc(C%10=CCNC=C%10)ccc9c9ccccc9c8c7)c6)C=CC5)cc4)cc3C3C=CN=CC3C2C=C1. The Morgan fingerprint density at radius 3 is 2.05 bits per heavy atom. The van der Waals surface area contributed by atoms with E-state index in [-0.39, 0.29) is 0 Å². The van der Waals surface area contributed by atoms with Gasteiger partial charge in [-0.25, -0.2) is 0 Å². The number of hydrogen-bond donors (Lipinski definition) is 1. The van der Waals surface area contributed by atoms with Crippen LogP contribution in [0.2, 0.25) is 0 Å². The molecule has 0 saturated carbocycles. The van der Waals surface area contributed by atoms with E-state index in [2.05, 4.69) is 205 Å². The van der Waals surface area contributed by atoms with Gasteiger partial charge in [0.25, 0.3) is 0 Å². The highest BCUT2D eigenvalue weighted by atomic mass is 14.8. The number of fused-ring (bicyclic) bond motifs is 12. The Kier molecular flexibility index (Phi) is 8.37. The van der Waals surface area contributed by atoms with Crippen LogP contribution in [-0.4, -0.2) is 12.8 Å². The molecule has 60 heavy (non-hydrogen) atoms. The number of nitrogens with zero attached hydrogens (tertiary/aromatic N) is 1. The van der Waals surface area contributed by atoms with Crippen LogP contribution in [0.1, 0.15) is 52.0 Å². The first-order valence-electron chi connectivity index (χ1n) is 21.5. The van der Waals surface area contributed by atoms with E-state index < -0.39 is 0 Å². The summed E-state index contributed by atoms with van der Waals surface area (Å²) in [4.78, 5) is 4.57. The van der Waals surface area contributed by atoms with Crippen LogP contribution in [0.5, 0.6) is 0 Å². The molecule has 5 aliphatic rings. The molecule has 5 unspecified atom stereocenters. The molecule has 5 atom stereocenters. The summed E-state index contributed by atoms with van der Waals surface area (Å²) >= 11 is 0. The number of dihydropyridines is 1. The van der Waals surface area contributed by atoms with Gasteiger partial charge in [-0.3, -0.25) is 4.99 Å². The third-order valence-corrected chi connectivity index (χ3v) is 13.7. The van der Waals surface area contributed by atoms with Crippen LogP contribution in [0.3, 0.4) is 0 Å². The Morgan fingerprint density at radius 1 is 0.500 bits per heavy atom. The van der Waals surface area contributed by atoms with Crippen LogP contribution in [0, 0.1) is 11.8 Å². The fourth-order valence-corrected chi connectivity index (χ4v) is 10.7. The Hall–Kier alpha value is -7.03. The second-order valence-electron chi connectivity index (χ2n) is 17.0. The lowest BCUT2D eigenvalue weighted by Crippen LogP contribution is -2.33. The van der Waals surface area contributed by atoms with Crippen molar-refractivity contribution in [2.45, 2.75) is 24.2 Å². The van der Waals surface area contributed by atoms with Crippen molar-refractivity contribution in [2.24, 2.45) is 16.8 Å². The zero-order valence-electron chi connectivity index (χ0n) is 33.4. The van der Waals surface area contributed by atoms with Gasteiger partial charge in [0, 0.05) is 42.6 Å². The molecule has 0 fully saturated rings. The van der Waals surface area contributed by atoms with Crippen molar-refractivity contribution in [3.63, 3.8) is 0 Å². The van der Waals surface area contributed by atoms with Gasteiger partial charge in [0.05, 0.1) is 0 Å². The molecule has 3 aliphatic carbocycles. The van der Waals surface area contributed by atoms with Gasteiger partial charge in [0.15, 0.2) is 0 Å². The first-order valence-corrected chi connectivity index (χ1v) is 21.5. The lowest BCUT2D eigenvalue weighted by atomic mass is 9.62. The molecule has 0 bridgehead atoms. The van der Waals surface area contributed by atoms with Gasteiger partial charge >= 0.3 is 0 Å². The van der Waals surface area contributed by atoms with E-state index >= 15 is 0 Å². The van der Waals surface area contributed by atoms with Crippen molar-refractivity contribution in [3.05, 3.63) is 228 Å². The van der Waals surface area contributed by atoms with E-state index in [1.807, 2.05) is 12.4 Å². The zero-order valence-corrected chi connectivity index (χ0v) is 33.4. The van der Waals surface area contributed by atoms with Crippen molar-refractivity contribution in [2.75, 3.05) is 6.54 Å². The molecule has 286 valence electrons. The van der Waals surface area contributed by atoms with Crippen LogP contribution in [0.4, 0.5) is 0 Å². The second kappa shape index (κ2) is 14.4. The van der Waals surface area contributed by atoms with Gasteiger partial charge in [-0.2, -0.15) is 0 Å². The fraction of sp³-hybridized carbons (Fsp3) is 0.121. The standard InChI is InChI=1S/C58H44N2/c1-3-13-49-47(11-1)51-23-20-45(39-25-28-59-29-26-39)34-56(51)53-24-21-46(35-55(49)53)43-10-6-9-42(32-43)41-8-5-7-40(31-41)37-15-17-38(18-16-37)44-19-22-52-48-12-2-4-14-50(48)58-36-60-30-27-54(58)57(52)33-44/h1-6,8-28,30-36,40,48,50,54,58-59H,7,29H2. The van der Waals surface area contributed by atoms with Crippen LogP contribution in [-0.2, 0) is 0 Å². The largest absolute Gasteiger partial charge is 0.387 e. The van der Waals surface area contributed by atoms with E-state index in [0.717, 1.165) is 13.0 Å². The Balaban J connectivity index is 0.845. The van der Waals surface area contributed by atoms with Crippen LogP contribution >= 0.6 is 0 Å². The average Bonchev–Trinajstić information content (AvgIpc) is 3.34. The van der Waals surface area contributed by atoms with E-state index in [1.165, 1.54) is 93.5 Å². The summed E-state index contributed by atoms with van der Waals surface area (Å²) in [5, 5.41) is 11.1. The van der Waals surface area contributed by atoms with Gasteiger partial charge in [-0.05, 0) is 136 Å². The maximum atomic E-state index is 4.57. The van der Waals surface area contributed by atoms with Gasteiger partial charge < -0.3 is 5.32 Å². The number of benzene rings is 7. The van der Waals surface area contributed by atoms with Gasteiger partial charge in [-0.15, -0.1) is 0 Å². The smallest absolute Gasteiger partial charge is 0.0334 e. The number of allylic oxidation sites excluding steroid dienone is 11. The lowest BCUT2D eigenvalue weighted by molar-refractivity contribution is 0.398. The minimum absolute atomic E-state index is 0.322. The van der Waals surface area contributed by atoms with Crippen LogP contribution in [0.25, 0.3) is 65.7 Å². The lowest BCUT2D eigenvalue weighted by Gasteiger charge is -2.42. The normalized spacial score (nSPS) is 22.3. The topological polar surface area (TPSA) is 24.4 Å². The Bertz CT molecular complexity index is 3140. The van der Waals surface area contributed by atoms with Gasteiger partial charge in [0.2, 0.25) is 0 Å². The van der Waals surface area contributed by atoms with Crippen molar-refractivity contribution in [1.29, 1.82) is 0 Å². The molecule has 2 heteroatoms. The molecule has 0 aromatic heterocycles. The molecular formula is C58H44N2. The van der Waals surface area contributed by atoms with E-state index in [0.29, 0.717) is 29.6 Å². The molecule has 2 aliphatic heterocycles. The minimum atomic E-state index is 0.322. The van der Waals surface area contributed by atoms with Crippen molar-refractivity contribution >= 4 is 49.7 Å². The van der Waals surface area contributed by atoms with Gasteiger partial charge in [0.1, 0.15) is 0 Å². The summed E-state index contributed by atoms with van der Waals surface area (Å²) in [5.74, 6) is 1.95. The van der Waals surface area contributed by atoms with E-state index in [4.69, 9.17) is 0 Å². The Morgan fingerprint density at radius 2 is 1.18 bits per heavy atom. The third-order valence-electron chi connectivity index (χ3n) is 13.7. The van der Waals surface area contributed by atoms with E-state index in [9.17, 15) is 0 Å². The van der Waals surface area contributed by atoms with Gasteiger partial charge in [-0.1, -0.05) is 164 Å². The number of rotatable bonds is 5. The highest BCUT2D eigenvalue weighted by Crippen LogP contribution is 2.50. The predicted octanol–water partition coefficient (Wildman–Crippen LogP) is 14.2. The van der Waals surface area contributed by atoms with Crippen LogP contribution < -0.4 is 5.32 Å². The molecule has 7 aromatic rings. The predicted molar refractivity (Wildman–Crippen MR) is 254 cm³/mol. The van der Waals surface area contributed by atoms with Crippen LogP contribution in [0.15, 0.2) is 206 Å². The summed E-state index contributed by atoms with van der Waals surface area (Å²) in [6.45, 7) is 0.856. The molecule has 0 saturated heterocycles. The number of nitrogens with one attached hydrogen (secondary N) is 1. The maximum absolute atomic E-state index is 4.57. The maximum Gasteiger partial charge on any atom is 0.0334 e. The second-order valence-corrected chi connectivity index (χ2v) is 17.0. The molecule has 0 spiro atoms. The summed E-state index contributed by atoms with van der Waals surface area (Å²) in [7, 11) is 0. The highest BCUT2D eigenvalue weighted by Gasteiger charge is 2.40. The molecule has 2 nitrogen and oxygen atoms in total. The molecular weight excluding hydrogens is 725 g/mol. The molecule has 7 aromatic carbocycles. The summed E-state index contributed by atoms with van der Waals surface area (Å²) < 4.78 is 0. The fourth-order valence-electron chi connectivity index (χ4n) is 10.7. The van der Waals surface area contributed by atoms with Crippen molar-refractivity contribution in [1.82, 2.24) is 5.32 Å².